The summed E-state index contributed by atoms with van der Waals surface area (Å²) in [5.41, 5.74) is 0. The first kappa shape index (κ1) is 28.6. The van der Waals surface area contributed by atoms with Crippen LogP contribution in [0.15, 0.2) is 0 Å². The van der Waals surface area contributed by atoms with E-state index in [1.165, 1.54) is 109 Å². The minimum atomic E-state index is -4.47. The molecule has 0 heterocycles. The average Bonchev–Trinajstić information content (AvgIpc) is 2.68. The van der Waals surface area contributed by atoms with Crippen molar-refractivity contribution in [2.45, 2.75) is 148 Å². The third kappa shape index (κ3) is 22.1. The van der Waals surface area contributed by atoms with Crippen LogP contribution in [-0.4, -0.2) is 18.1 Å². The normalized spacial score (nSPS) is 11.8. The van der Waals surface area contributed by atoms with Gasteiger partial charge in [0.2, 0.25) is 0 Å². The van der Waals surface area contributed by atoms with Crippen LogP contribution in [0.5, 0.6) is 0 Å². The van der Waals surface area contributed by atoms with Gasteiger partial charge in [-0.2, -0.15) is 8.42 Å². The molecule has 0 aromatic rings. The van der Waals surface area contributed by atoms with E-state index >= 15 is 0 Å². The van der Waals surface area contributed by atoms with Gasteiger partial charge in [0, 0.05) is 6.42 Å². The molecule has 0 aromatic heterocycles. The van der Waals surface area contributed by atoms with Crippen molar-refractivity contribution in [2.75, 3.05) is 0 Å². The Labute approximate surface area is 181 Å². The molecule has 0 bridgehead atoms. The van der Waals surface area contributed by atoms with Gasteiger partial charge in [0.1, 0.15) is 0 Å². The summed E-state index contributed by atoms with van der Waals surface area (Å²) in [4.78, 5) is 11.0. The monoisotopic (exact) mass is 432 g/mol. The fourth-order valence-electron chi connectivity index (χ4n) is 3.83. The second-order valence-electron chi connectivity index (χ2n) is 8.67. The number of hydrogen-bond acceptors (Lipinski definition) is 3. The first-order valence-electron chi connectivity index (χ1n) is 12.5. The van der Waals surface area contributed by atoms with Crippen molar-refractivity contribution < 1.29 is 17.8 Å². The molecule has 0 aromatic carbocycles. The third-order valence-electron chi connectivity index (χ3n) is 5.77. The van der Waals surface area contributed by atoms with Gasteiger partial charge in [-0.1, -0.05) is 135 Å². The van der Waals surface area contributed by atoms with Crippen LogP contribution in [0.3, 0.4) is 0 Å². The molecule has 0 unspecified atom stereocenters. The Kier molecular flexibility index (Phi) is 20.5. The summed E-state index contributed by atoms with van der Waals surface area (Å²) in [6.07, 6.45) is 27.1. The van der Waals surface area contributed by atoms with Crippen molar-refractivity contribution in [3.8, 4) is 0 Å². The van der Waals surface area contributed by atoms with Crippen molar-refractivity contribution in [1.82, 2.24) is 0 Å². The number of hydrogen-bond donors (Lipinski definition) is 1. The predicted molar refractivity (Wildman–Crippen MR) is 124 cm³/mol. The van der Waals surface area contributed by atoms with Crippen molar-refractivity contribution >= 4 is 15.2 Å². The predicted octanol–water partition coefficient (Wildman–Crippen LogP) is 8.00. The van der Waals surface area contributed by atoms with Crippen molar-refractivity contribution in [2.24, 2.45) is 0 Å². The van der Waals surface area contributed by atoms with Crippen LogP contribution >= 0.6 is 0 Å². The van der Waals surface area contributed by atoms with Crippen LogP contribution in [0.2, 0.25) is 0 Å². The maximum atomic E-state index is 11.0. The minimum absolute atomic E-state index is 0.0577. The van der Waals surface area contributed by atoms with Crippen LogP contribution < -0.4 is 0 Å². The molecular formula is C24H48O4S. The van der Waals surface area contributed by atoms with Gasteiger partial charge < -0.3 is 0 Å². The van der Waals surface area contributed by atoms with Crippen LogP contribution in [0, 0.1) is 0 Å². The standard InChI is InChI=1S/C24H48O4S/c1-2-3-4-5-6-7-8-9-10-11-12-13-14-15-16-17-18-19-20-21-22-23-24(25)29(26,27)28/h2-23H2,1H3,(H,26,27,28). The molecule has 0 amide bonds. The minimum Gasteiger partial charge on any atom is -0.280 e. The average molecular weight is 433 g/mol. The molecule has 0 rings (SSSR count). The number of carbonyl (C=O) groups is 1. The van der Waals surface area contributed by atoms with Crippen LogP contribution in [0.1, 0.15) is 148 Å². The van der Waals surface area contributed by atoms with Gasteiger partial charge in [-0.25, -0.2) is 0 Å². The molecule has 0 aliphatic carbocycles. The Morgan fingerprint density at radius 2 is 0.759 bits per heavy atom. The summed E-state index contributed by atoms with van der Waals surface area (Å²) < 4.78 is 29.7. The number of rotatable bonds is 22. The van der Waals surface area contributed by atoms with E-state index in [2.05, 4.69) is 6.92 Å². The molecule has 0 aliphatic heterocycles. The highest BCUT2D eigenvalue weighted by molar-refractivity contribution is 8.01. The topological polar surface area (TPSA) is 71.4 Å². The Hall–Kier alpha value is -0.420. The zero-order valence-corrected chi connectivity index (χ0v) is 20.0. The molecule has 1 N–H and O–H groups in total. The zero-order chi connectivity index (χ0) is 21.6. The van der Waals surface area contributed by atoms with E-state index in [-0.39, 0.29) is 6.42 Å². The van der Waals surface area contributed by atoms with Gasteiger partial charge in [-0.15, -0.1) is 0 Å². The summed E-state index contributed by atoms with van der Waals surface area (Å²) in [5, 5.41) is -1.05. The summed E-state index contributed by atoms with van der Waals surface area (Å²) in [5.74, 6) is 0. The molecular weight excluding hydrogens is 384 g/mol. The van der Waals surface area contributed by atoms with Crippen LogP contribution in [0.4, 0.5) is 0 Å². The molecule has 29 heavy (non-hydrogen) atoms. The van der Waals surface area contributed by atoms with E-state index in [1.54, 1.807) is 0 Å². The summed E-state index contributed by atoms with van der Waals surface area (Å²) in [6, 6.07) is 0. The van der Waals surface area contributed by atoms with E-state index < -0.39 is 15.2 Å². The second-order valence-corrected chi connectivity index (χ2v) is 10.1. The van der Waals surface area contributed by atoms with Gasteiger partial charge in [0.05, 0.1) is 0 Å². The quantitative estimate of drug-likeness (QED) is 0.139. The smallest absolute Gasteiger partial charge is 0.280 e. The summed E-state index contributed by atoms with van der Waals surface area (Å²) in [6.45, 7) is 2.27. The largest absolute Gasteiger partial charge is 0.328 e. The van der Waals surface area contributed by atoms with Crippen molar-refractivity contribution in [3.63, 3.8) is 0 Å². The first-order chi connectivity index (χ1) is 14.0. The van der Waals surface area contributed by atoms with Crippen LogP contribution in [0.25, 0.3) is 0 Å². The van der Waals surface area contributed by atoms with E-state index in [1.807, 2.05) is 0 Å². The SMILES string of the molecule is CCCCCCCCCCCCCCCCCCCCCCCC(=O)S(=O)(=O)O. The maximum Gasteiger partial charge on any atom is 0.328 e. The molecule has 174 valence electrons. The van der Waals surface area contributed by atoms with Crippen molar-refractivity contribution in [3.05, 3.63) is 0 Å². The Balaban J connectivity index is 3.11. The van der Waals surface area contributed by atoms with Gasteiger partial charge in [-0.3, -0.25) is 9.35 Å². The summed E-state index contributed by atoms with van der Waals surface area (Å²) >= 11 is 0. The molecule has 0 aliphatic rings. The maximum absolute atomic E-state index is 11.0. The Morgan fingerprint density at radius 1 is 0.517 bits per heavy atom. The van der Waals surface area contributed by atoms with E-state index in [9.17, 15) is 13.2 Å². The highest BCUT2D eigenvalue weighted by atomic mass is 32.2. The Bertz CT molecular complexity index is 460. The molecule has 4 nitrogen and oxygen atoms in total. The van der Waals surface area contributed by atoms with Crippen LogP contribution in [-0.2, 0) is 14.9 Å². The molecule has 0 saturated carbocycles. The van der Waals surface area contributed by atoms with Gasteiger partial charge >= 0.3 is 10.1 Å². The fraction of sp³-hybridized carbons (Fsp3) is 0.958. The summed E-state index contributed by atoms with van der Waals surface area (Å²) in [7, 11) is -4.47. The lowest BCUT2D eigenvalue weighted by atomic mass is 10.0. The van der Waals surface area contributed by atoms with Gasteiger partial charge in [0.25, 0.3) is 5.12 Å². The molecule has 0 saturated heterocycles. The van der Waals surface area contributed by atoms with E-state index in [0.29, 0.717) is 6.42 Å². The lowest BCUT2D eigenvalue weighted by Crippen LogP contribution is -2.12. The zero-order valence-electron chi connectivity index (χ0n) is 19.1. The van der Waals surface area contributed by atoms with E-state index in [4.69, 9.17) is 4.55 Å². The number of carbonyl (C=O) groups excluding carboxylic acids is 1. The third-order valence-corrected chi connectivity index (χ3v) is 6.55. The fourth-order valence-corrected chi connectivity index (χ4v) is 4.23. The highest BCUT2D eigenvalue weighted by Gasteiger charge is 2.16. The molecule has 0 spiro atoms. The molecule has 0 fully saturated rings. The highest BCUT2D eigenvalue weighted by Crippen LogP contribution is 2.15. The molecule has 0 radical (unpaired) electrons. The van der Waals surface area contributed by atoms with Gasteiger partial charge in [0.15, 0.2) is 0 Å². The molecule has 0 atom stereocenters. The lowest BCUT2D eigenvalue weighted by Gasteiger charge is -2.04. The van der Waals surface area contributed by atoms with Crippen molar-refractivity contribution in [1.29, 1.82) is 0 Å². The first-order valence-corrected chi connectivity index (χ1v) is 13.9. The lowest BCUT2D eigenvalue weighted by molar-refractivity contribution is -0.112. The second kappa shape index (κ2) is 20.8. The van der Waals surface area contributed by atoms with Gasteiger partial charge in [-0.05, 0) is 6.42 Å². The molecule has 5 heteroatoms. The van der Waals surface area contributed by atoms with E-state index in [0.717, 1.165) is 19.3 Å². The number of unbranched alkanes of at least 4 members (excludes halogenated alkanes) is 20. The Morgan fingerprint density at radius 3 is 1.00 bits per heavy atom.